The van der Waals surface area contributed by atoms with E-state index < -0.39 is 35.9 Å². The molecule has 14 nitrogen and oxygen atoms in total. The molecule has 298 valence electrons. The number of halogens is 1. The zero-order chi connectivity index (χ0) is 40.4. The molecule has 7 N–H and O–H groups in total. The van der Waals surface area contributed by atoms with E-state index in [1.165, 1.54) is 12.4 Å². The minimum Gasteiger partial charge on any atom is -0.493 e. The number of hydrogen-bond donors (Lipinski definition) is 6. The lowest BCUT2D eigenvalue weighted by atomic mass is 9.88. The van der Waals surface area contributed by atoms with Crippen molar-refractivity contribution in [3.63, 3.8) is 0 Å². The Labute approximate surface area is 329 Å². The van der Waals surface area contributed by atoms with E-state index in [1.54, 1.807) is 18.2 Å². The standard InChI is InChI=1S/C41H47ClN4O10/c1-25-28(6-3-7-31(25)32-8-4-9-35(26(32)2)54-13-5-11-46-12-10-41(23-46,24-48)40(52)53)22-56-37-16-36(55-21-27-14-30(38(43)49)18-44-17-27)29(15-33(37)42)19-45-34(20-47)39(50)51/h3-4,6-9,14-18,34,45,47-48H,5,10-13,19-24H2,1-2H3,(H2,43,49)(H,50,51)(H,52,53). The Morgan fingerprint density at radius 1 is 0.929 bits per heavy atom. The van der Waals surface area contributed by atoms with E-state index in [2.05, 4.69) is 15.2 Å². The van der Waals surface area contributed by atoms with Gasteiger partial charge in [-0.05, 0) is 79.3 Å². The largest absolute Gasteiger partial charge is 0.493 e. The number of carboxylic acid groups (broad SMARTS) is 2. The molecule has 3 aromatic carbocycles. The van der Waals surface area contributed by atoms with Gasteiger partial charge in [-0.15, -0.1) is 0 Å². The van der Waals surface area contributed by atoms with E-state index >= 15 is 0 Å². The molecule has 4 aromatic rings. The Morgan fingerprint density at radius 2 is 1.66 bits per heavy atom. The van der Waals surface area contributed by atoms with Crippen LogP contribution in [0.3, 0.4) is 0 Å². The second kappa shape index (κ2) is 19.1. The molecule has 2 heterocycles. The van der Waals surface area contributed by atoms with Gasteiger partial charge in [0, 0.05) is 49.2 Å². The molecular formula is C41H47ClN4O10. The number of aliphatic hydroxyl groups excluding tert-OH is 2. The molecule has 0 aliphatic carbocycles. The molecule has 5 rings (SSSR count). The van der Waals surface area contributed by atoms with Crippen molar-refractivity contribution in [1.29, 1.82) is 0 Å². The first kappa shape index (κ1) is 41.9. The number of primary amides is 1. The zero-order valence-electron chi connectivity index (χ0n) is 31.3. The van der Waals surface area contributed by atoms with Crippen LogP contribution in [0.15, 0.2) is 67.0 Å². The number of nitrogens with two attached hydrogens (primary N) is 1. The highest BCUT2D eigenvalue weighted by atomic mass is 35.5. The van der Waals surface area contributed by atoms with Crippen molar-refractivity contribution in [2.75, 3.05) is 39.5 Å². The monoisotopic (exact) mass is 790 g/mol. The normalized spacial score (nSPS) is 16.0. The third-order valence-electron chi connectivity index (χ3n) is 10.1. The number of rotatable bonds is 20. The van der Waals surface area contributed by atoms with Crippen LogP contribution in [0, 0.1) is 19.3 Å². The number of aliphatic carboxylic acids is 2. The van der Waals surface area contributed by atoms with Crippen molar-refractivity contribution < 1.29 is 49.0 Å². The number of aliphatic hydroxyl groups is 2. The maximum Gasteiger partial charge on any atom is 0.323 e. The van der Waals surface area contributed by atoms with Crippen LogP contribution in [-0.2, 0) is 29.3 Å². The first-order valence-corrected chi connectivity index (χ1v) is 18.5. The molecule has 0 radical (unpaired) electrons. The predicted molar refractivity (Wildman–Crippen MR) is 208 cm³/mol. The minimum absolute atomic E-state index is 0.00429. The first-order chi connectivity index (χ1) is 26.8. The number of amides is 1. The molecule has 56 heavy (non-hydrogen) atoms. The molecule has 0 saturated carbocycles. The third-order valence-corrected chi connectivity index (χ3v) is 10.4. The SMILES string of the molecule is Cc1c(COc2cc(OCc3cncc(C(N)=O)c3)c(CNC(CO)C(=O)O)cc2Cl)cccc1-c1cccc(OCCCN2CCC(CO)(C(=O)O)C2)c1C. The van der Waals surface area contributed by atoms with Gasteiger partial charge >= 0.3 is 11.9 Å². The zero-order valence-corrected chi connectivity index (χ0v) is 32.1. The smallest absolute Gasteiger partial charge is 0.323 e. The van der Waals surface area contributed by atoms with Crippen molar-refractivity contribution in [3.05, 3.63) is 105 Å². The van der Waals surface area contributed by atoms with Gasteiger partial charge in [-0.1, -0.05) is 41.9 Å². The second-order valence-corrected chi connectivity index (χ2v) is 14.3. The highest BCUT2D eigenvalue weighted by Crippen LogP contribution is 2.37. The first-order valence-electron chi connectivity index (χ1n) is 18.1. The molecular weight excluding hydrogens is 744 g/mol. The molecule has 1 aromatic heterocycles. The van der Waals surface area contributed by atoms with Crippen LogP contribution in [0.25, 0.3) is 11.1 Å². The number of nitrogens with zero attached hydrogens (tertiary/aromatic N) is 2. The fourth-order valence-corrected chi connectivity index (χ4v) is 6.87. The summed E-state index contributed by atoms with van der Waals surface area (Å²) in [5.74, 6) is -1.40. The highest BCUT2D eigenvalue weighted by molar-refractivity contribution is 6.32. The van der Waals surface area contributed by atoms with Crippen LogP contribution in [0.1, 0.15) is 51.0 Å². The Hall–Kier alpha value is -5.25. The van der Waals surface area contributed by atoms with E-state index in [0.29, 0.717) is 61.7 Å². The summed E-state index contributed by atoms with van der Waals surface area (Å²) in [6.07, 6.45) is 4.02. The third kappa shape index (κ3) is 10.1. The lowest BCUT2D eigenvalue weighted by molar-refractivity contribution is -0.150. The van der Waals surface area contributed by atoms with Crippen molar-refractivity contribution in [2.24, 2.45) is 11.1 Å². The van der Waals surface area contributed by atoms with E-state index in [4.69, 9.17) is 31.5 Å². The van der Waals surface area contributed by atoms with Crippen LogP contribution in [-0.4, -0.2) is 93.7 Å². The minimum atomic E-state index is -1.22. The second-order valence-electron chi connectivity index (χ2n) is 13.9. The number of aromatic nitrogens is 1. The highest BCUT2D eigenvalue weighted by Gasteiger charge is 2.44. The number of nitrogens with one attached hydrogen (secondary N) is 1. The van der Waals surface area contributed by atoms with Gasteiger partial charge in [0.25, 0.3) is 0 Å². The molecule has 2 unspecified atom stereocenters. The molecule has 1 aliphatic heterocycles. The molecule has 0 spiro atoms. The van der Waals surface area contributed by atoms with Crippen molar-refractivity contribution in [3.8, 4) is 28.4 Å². The Kier molecular flexibility index (Phi) is 14.3. The maximum atomic E-state index is 11.7. The Balaban J connectivity index is 1.28. The van der Waals surface area contributed by atoms with Gasteiger partial charge in [0.15, 0.2) is 0 Å². The van der Waals surface area contributed by atoms with Gasteiger partial charge in [0.1, 0.15) is 41.9 Å². The Morgan fingerprint density at radius 3 is 2.34 bits per heavy atom. The molecule has 1 aliphatic rings. The lowest BCUT2D eigenvalue weighted by Gasteiger charge is -2.22. The van der Waals surface area contributed by atoms with Crippen molar-refractivity contribution in [1.82, 2.24) is 15.2 Å². The number of benzene rings is 3. The average molecular weight is 791 g/mol. The summed E-state index contributed by atoms with van der Waals surface area (Å²) in [7, 11) is 0. The van der Waals surface area contributed by atoms with Gasteiger partial charge in [-0.25, -0.2) is 0 Å². The van der Waals surface area contributed by atoms with Gasteiger partial charge in [0.05, 0.1) is 30.4 Å². The van der Waals surface area contributed by atoms with Gasteiger partial charge < -0.3 is 45.3 Å². The van der Waals surface area contributed by atoms with E-state index in [9.17, 15) is 34.8 Å². The number of likely N-dealkylation sites (tertiary alicyclic amines) is 1. The van der Waals surface area contributed by atoms with E-state index in [-0.39, 0.29) is 37.0 Å². The molecule has 2 atom stereocenters. The van der Waals surface area contributed by atoms with Crippen LogP contribution in [0.5, 0.6) is 17.2 Å². The Bertz CT molecular complexity index is 2050. The van der Waals surface area contributed by atoms with Crippen LogP contribution in [0.4, 0.5) is 0 Å². The van der Waals surface area contributed by atoms with Gasteiger partial charge in [-0.2, -0.15) is 0 Å². The van der Waals surface area contributed by atoms with Crippen LogP contribution < -0.4 is 25.3 Å². The summed E-state index contributed by atoms with van der Waals surface area (Å²) in [5, 5.41) is 41.2. The summed E-state index contributed by atoms with van der Waals surface area (Å²) < 4.78 is 18.6. The topological polar surface area (TPSA) is 214 Å². The number of carbonyl (C=O) groups is 3. The molecule has 1 saturated heterocycles. The maximum absolute atomic E-state index is 11.7. The molecule has 0 bridgehead atoms. The molecule has 1 fully saturated rings. The number of hydrogen-bond acceptors (Lipinski definition) is 11. The van der Waals surface area contributed by atoms with E-state index in [0.717, 1.165) is 33.6 Å². The number of pyridine rings is 1. The van der Waals surface area contributed by atoms with Gasteiger partial charge in [0.2, 0.25) is 5.91 Å². The fourth-order valence-electron chi connectivity index (χ4n) is 6.62. The summed E-state index contributed by atoms with van der Waals surface area (Å²) in [4.78, 5) is 41.0. The summed E-state index contributed by atoms with van der Waals surface area (Å²) in [6, 6.07) is 15.4. The van der Waals surface area contributed by atoms with Gasteiger partial charge in [-0.3, -0.25) is 24.7 Å². The van der Waals surface area contributed by atoms with E-state index in [1.807, 2.05) is 50.2 Å². The predicted octanol–water partition coefficient (Wildman–Crippen LogP) is 4.35. The van der Waals surface area contributed by atoms with Crippen molar-refractivity contribution >= 4 is 29.4 Å². The summed E-state index contributed by atoms with van der Waals surface area (Å²) in [5.41, 5.74) is 10.5. The van der Waals surface area contributed by atoms with Crippen LogP contribution >= 0.6 is 11.6 Å². The van der Waals surface area contributed by atoms with Crippen LogP contribution in [0.2, 0.25) is 5.02 Å². The number of carboxylic acids is 2. The lowest BCUT2D eigenvalue weighted by Crippen LogP contribution is -2.39. The fraction of sp³-hybridized carbons (Fsp3) is 0.366. The molecule has 1 amide bonds. The molecule has 15 heteroatoms. The number of ether oxygens (including phenoxy) is 3. The van der Waals surface area contributed by atoms with Crippen molar-refractivity contribution in [2.45, 2.75) is 52.5 Å². The average Bonchev–Trinajstić information content (AvgIpc) is 3.62. The number of carbonyl (C=O) groups excluding carboxylic acids is 1. The summed E-state index contributed by atoms with van der Waals surface area (Å²) >= 11 is 6.69. The quantitative estimate of drug-likeness (QED) is 0.0688. The summed E-state index contributed by atoms with van der Waals surface area (Å²) in [6.45, 7) is 5.27.